The Labute approximate surface area is 121 Å². The first-order chi connectivity index (χ1) is 9.74. The molecule has 0 radical (unpaired) electrons. The summed E-state index contributed by atoms with van der Waals surface area (Å²) in [6.45, 7) is 5.42. The molecule has 2 heteroatoms. The fraction of sp³-hybridized carbons (Fsp3) is 0.333. The number of benzene rings is 2. The Morgan fingerprint density at radius 3 is 2.40 bits per heavy atom. The third-order valence-corrected chi connectivity index (χ3v) is 3.55. The molecule has 106 valence electrons. The number of hydrogen-bond donors (Lipinski definition) is 1. The molecule has 2 aromatic rings. The molecule has 2 nitrogen and oxygen atoms in total. The largest absolute Gasteiger partial charge is 0.494 e. The van der Waals surface area contributed by atoms with Gasteiger partial charge in [-0.05, 0) is 44.0 Å². The number of nitrogens with two attached hydrogens (primary N) is 1. The maximum absolute atomic E-state index is 5.99. The molecule has 0 spiro atoms. The monoisotopic (exact) mass is 269 g/mol. The Hall–Kier alpha value is -1.80. The average molecular weight is 269 g/mol. The molecule has 0 amide bonds. The van der Waals surface area contributed by atoms with Crippen LogP contribution in [0.5, 0.6) is 5.75 Å². The maximum atomic E-state index is 5.99. The van der Waals surface area contributed by atoms with Crippen molar-refractivity contribution in [2.75, 3.05) is 13.2 Å². The maximum Gasteiger partial charge on any atom is 0.122 e. The molecule has 0 aliphatic rings. The van der Waals surface area contributed by atoms with E-state index in [1.54, 1.807) is 0 Å². The molecule has 0 saturated carbocycles. The minimum absolute atomic E-state index is 0.292. The molecule has 0 aliphatic heterocycles. The molecular formula is C18H23NO. The third kappa shape index (κ3) is 3.61. The Kier molecular flexibility index (Phi) is 5.19. The lowest BCUT2D eigenvalue weighted by atomic mass is 9.91. The predicted octanol–water partition coefficient (Wildman–Crippen LogP) is 3.68. The van der Waals surface area contributed by atoms with Crippen molar-refractivity contribution in [3.8, 4) is 5.75 Å². The zero-order valence-corrected chi connectivity index (χ0v) is 12.3. The molecule has 0 bridgehead atoms. The minimum atomic E-state index is 0.292. The highest BCUT2D eigenvalue weighted by molar-refractivity contribution is 5.38. The van der Waals surface area contributed by atoms with Gasteiger partial charge in [-0.2, -0.15) is 0 Å². The van der Waals surface area contributed by atoms with E-state index in [2.05, 4.69) is 43.3 Å². The first-order valence-corrected chi connectivity index (χ1v) is 7.22. The van der Waals surface area contributed by atoms with Crippen LogP contribution in [0.1, 0.15) is 29.5 Å². The molecule has 0 heterocycles. The van der Waals surface area contributed by atoms with Crippen molar-refractivity contribution in [1.82, 2.24) is 0 Å². The summed E-state index contributed by atoms with van der Waals surface area (Å²) in [7, 11) is 0. The molecule has 2 N–H and O–H groups in total. The van der Waals surface area contributed by atoms with Crippen LogP contribution in [0.15, 0.2) is 48.5 Å². The fourth-order valence-electron chi connectivity index (χ4n) is 2.43. The molecule has 1 atom stereocenters. The summed E-state index contributed by atoms with van der Waals surface area (Å²) in [4.78, 5) is 0. The van der Waals surface area contributed by atoms with Crippen LogP contribution in [0.4, 0.5) is 0 Å². The van der Waals surface area contributed by atoms with Gasteiger partial charge >= 0.3 is 0 Å². The molecule has 20 heavy (non-hydrogen) atoms. The number of hydrogen-bond acceptors (Lipinski definition) is 2. The highest BCUT2D eigenvalue weighted by atomic mass is 16.5. The van der Waals surface area contributed by atoms with E-state index < -0.39 is 0 Å². The van der Waals surface area contributed by atoms with Crippen molar-refractivity contribution < 1.29 is 4.74 Å². The molecule has 0 saturated heterocycles. The summed E-state index contributed by atoms with van der Waals surface area (Å²) >= 11 is 0. The zero-order valence-electron chi connectivity index (χ0n) is 12.3. The zero-order chi connectivity index (χ0) is 14.4. The lowest BCUT2D eigenvalue weighted by Crippen LogP contribution is -2.16. The van der Waals surface area contributed by atoms with Gasteiger partial charge in [-0.3, -0.25) is 0 Å². The van der Waals surface area contributed by atoms with Crippen LogP contribution in [0.2, 0.25) is 0 Å². The second-order valence-electron chi connectivity index (χ2n) is 5.09. The van der Waals surface area contributed by atoms with Gasteiger partial charge in [0.05, 0.1) is 6.61 Å². The van der Waals surface area contributed by atoms with E-state index in [1.807, 2.05) is 19.1 Å². The number of rotatable bonds is 6. The van der Waals surface area contributed by atoms with E-state index in [0.29, 0.717) is 19.1 Å². The minimum Gasteiger partial charge on any atom is -0.494 e. The molecule has 2 aromatic carbocycles. The topological polar surface area (TPSA) is 35.2 Å². The Bertz CT molecular complexity index is 533. The lowest BCUT2D eigenvalue weighted by molar-refractivity contribution is 0.334. The van der Waals surface area contributed by atoms with Gasteiger partial charge in [0.1, 0.15) is 5.75 Å². The van der Waals surface area contributed by atoms with Gasteiger partial charge in [-0.15, -0.1) is 0 Å². The summed E-state index contributed by atoms with van der Waals surface area (Å²) in [6.07, 6.45) is 0.945. The standard InChI is InChI=1S/C18H23NO/c1-3-20-18-7-5-4-6-17(18)16(13-19)12-15-10-8-14(2)9-11-15/h4-11,16H,3,12-13,19H2,1-2H3. The van der Waals surface area contributed by atoms with E-state index in [9.17, 15) is 0 Å². The van der Waals surface area contributed by atoms with E-state index >= 15 is 0 Å². The molecule has 1 unspecified atom stereocenters. The van der Waals surface area contributed by atoms with Gasteiger partial charge in [0.25, 0.3) is 0 Å². The van der Waals surface area contributed by atoms with Crippen molar-refractivity contribution in [2.45, 2.75) is 26.2 Å². The van der Waals surface area contributed by atoms with Crippen LogP contribution in [0, 0.1) is 6.92 Å². The van der Waals surface area contributed by atoms with Crippen LogP contribution in [0.3, 0.4) is 0 Å². The predicted molar refractivity (Wildman–Crippen MR) is 84.3 cm³/mol. The van der Waals surface area contributed by atoms with Crippen LogP contribution in [-0.4, -0.2) is 13.2 Å². The van der Waals surface area contributed by atoms with Crippen molar-refractivity contribution >= 4 is 0 Å². The second-order valence-corrected chi connectivity index (χ2v) is 5.09. The van der Waals surface area contributed by atoms with Gasteiger partial charge in [0.2, 0.25) is 0 Å². The van der Waals surface area contributed by atoms with E-state index in [1.165, 1.54) is 16.7 Å². The highest BCUT2D eigenvalue weighted by Gasteiger charge is 2.15. The van der Waals surface area contributed by atoms with Crippen molar-refractivity contribution in [1.29, 1.82) is 0 Å². The average Bonchev–Trinajstić information content (AvgIpc) is 2.48. The second kappa shape index (κ2) is 7.11. The molecule has 0 aromatic heterocycles. The lowest BCUT2D eigenvalue weighted by Gasteiger charge is -2.19. The summed E-state index contributed by atoms with van der Waals surface area (Å²) in [6, 6.07) is 16.9. The normalized spacial score (nSPS) is 12.2. The summed E-state index contributed by atoms with van der Waals surface area (Å²) in [5.74, 6) is 1.25. The van der Waals surface area contributed by atoms with Crippen LogP contribution >= 0.6 is 0 Å². The van der Waals surface area contributed by atoms with E-state index in [4.69, 9.17) is 10.5 Å². The molecule has 0 fully saturated rings. The first kappa shape index (κ1) is 14.6. The third-order valence-electron chi connectivity index (χ3n) is 3.55. The Morgan fingerprint density at radius 1 is 1.05 bits per heavy atom. The van der Waals surface area contributed by atoms with Gasteiger partial charge in [-0.1, -0.05) is 48.0 Å². The summed E-state index contributed by atoms with van der Waals surface area (Å²) in [5.41, 5.74) is 9.80. The van der Waals surface area contributed by atoms with Crippen molar-refractivity contribution in [2.24, 2.45) is 5.73 Å². The molecule has 0 aliphatic carbocycles. The number of para-hydroxylation sites is 1. The number of ether oxygens (including phenoxy) is 1. The van der Waals surface area contributed by atoms with E-state index in [0.717, 1.165) is 12.2 Å². The summed E-state index contributed by atoms with van der Waals surface area (Å²) in [5, 5.41) is 0. The Balaban J connectivity index is 2.21. The summed E-state index contributed by atoms with van der Waals surface area (Å²) < 4.78 is 5.72. The fourth-order valence-corrected chi connectivity index (χ4v) is 2.43. The van der Waals surface area contributed by atoms with E-state index in [-0.39, 0.29) is 0 Å². The van der Waals surface area contributed by atoms with Crippen LogP contribution < -0.4 is 10.5 Å². The first-order valence-electron chi connectivity index (χ1n) is 7.22. The smallest absolute Gasteiger partial charge is 0.122 e. The SMILES string of the molecule is CCOc1ccccc1C(CN)Cc1ccc(C)cc1. The van der Waals surface area contributed by atoms with Crippen LogP contribution in [-0.2, 0) is 6.42 Å². The highest BCUT2D eigenvalue weighted by Crippen LogP contribution is 2.28. The van der Waals surface area contributed by atoms with Gasteiger partial charge in [0.15, 0.2) is 0 Å². The van der Waals surface area contributed by atoms with Gasteiger partial charge in [-0.25, -0.2) is 0 Å². The van der Waals surface area contributed by atoms with Gasteiger partial charge < -0.3 is 10.5 Å². The van der Waals surface area contributed by atoms with Gasteiger partial charge in [0, 0.05) is 5.92 Å². The Morgan fingerprint density at radius 2 is 1.75 bits per heavy atom. The molecular weight excluding hydrogens is 246 g/mol. The quantitative estimate of drug-likeness (QED) is 0.868. The van der Waals surface area contributed by atoms with Crippen molar-refractivity contribution in [3.63, 3.8) is 0 Å². The molecule has 2 rings (SSSR count). The number of aryl methyl sites for hydroxylation is 1. The van der Waals surface area contributed by atoms with Crippen LogP contribution in [0.25, 0.3) is 0 Å². The van der Waals surface area contributed by atoms with Crippen molar-refractivity contribution in [3.05, 3.63) is 65.2 Å².